The van der Waals surface area contributed by atoms with Gasteiger partial charge in [0.25, 0.3) is 0 Å². The van der Waals surface area contributed by atoms with Crippen molar-refractivity contribution in [2.75, 3.05) is 11.5 Å². The van der Waals surface area contributed by atoms with E-state index in [0.29, 0.717) is 0 Å². The molecule has 0 aliphatic rings. The van der Waals surface area contributed by atoms with E-state index in [4.69, 9.17) is 26.1 Å². The van der Waals surface area contributed by atoms with Crippen LogP contribution in [-0.4, -0.2) is 14.7 Å². The van der Waals surface area contributed by atoms with Crippen LogP contribution in [0.5, 0.6) is 0 Å². The first-order chi connectivity index (χ1) is 5.93. The van der Waals surface area contributed by atoms with Gasteiger partial charge in [-0.3, -0.25) is 0 Å². The van der Waals surface area contributed by atoms with Crippen molar-refractivity contribution in [3.63, 3.8) is 0 Å². The molecule has 1 rings (SSSR count). The highest BCUT2D eigenvalue weighted by Crippen LogP contribution is 2.13. The van der Waals surface area contributed by atoms with Crippen LogP contribution in [0.4, 0.5) is 11.4 Å². The first-order valence-corrected chi connectivity index (χ1v) is 4.62. The molecule has 1 aromatic rings. The van der Waals surface area contributed by atoms with Crippen LogP contribution in [0.2, 0.25) is 0 Å². The Morgan fingerprint density at radius 3 is 1.92 bits per heavy atom. The van der Waals surface area contributed by atoms with E-state index in [2.05, 4.69) is 0 Å². The fourth-order valence-corrected chi connectivity index (χ4v) is 0.699. The zero-order valence-electron chi connectivity index (χ0n) is 7.18. The van der Waals surface area contributed by atoms with Crippen LogP contribution < -0.4 is 11.5 Å². The smallest absolute Gasteiger partial charge is 0.324 e. The minimum atomic E-state index is -2.62. The summed E-state index contributed by atoms with van der Waals surface area (Å²) in [6.45, 7) is 1.94. The quantitative estimate of drug-likeness (QED) is 0.309. The largest absolute Gasteiger partial charge is 0.399 e. The van der Waals surface area contributed by atoms with Gasteiger partial charge in [0, 0.05) is 11.4 Å². The fraction of sp³-hybridized carbons (Fsp3) is 0.143. The van der Waals surface area contributed by atoms with Gasteiger partial charge in [0.2, 0.25) is 0 Å². The number of nitrogen functional groups attached to an aromatic ring is 2. The summed E-state index contributed by atoms with van der Waals surface area (Å²) in [6.07, 6.45) is 0. The van der Waals surface area contributed by atoms with Crippen LogP contribution in [0, 0.1) is 6.92 Å². The summed E-state index contributed by atoms with van der Waals surface area (Å²) >= 11 is 0. The van der Waals surface area contributed by atoms with Crippen LogP contribution in [0.15, 0.2) is 18.2 Å². The molecule has 0 unspecified atom stereocenters. The number of anilines is 2. The molecule has 5 nitrogen and oxygen atoms in total. The average molecular weight is 204 g/mol. The minimum absolute atomic E-state index is 0.765. The standard InChI is InChI=1S/C7H10N2.H3O3P/c1-5-4-6(8)2-3-7(5)9;1-4(2)3/h2-4H,8-9H2,1H3;1-3H. The van der Waals surface area contributed by atoms with Gasteiger partial charge < -0.3 is 26.1 Å². The average Bonchev–Trinajstić information content (AvgIpc) is 1.96. The molecule has 0 spiro atoms. The van der Waals surface area contributed by atoms with Crippen molar-refractivity contribution < 1.29 is 14.7 Å². The monoisotopic (exact) mass is 204 g/mol. The van der Waals surface area contributed by atoms with E-state index in [1.165, 1.54) is 0 Å². The Morgan fingerprint density at radius 2 is 1.62 bits per heavy atom. The first-order valence-electron chi connectivity index (χ1n) is 3.42. The maximum absolute atomic E-state index is 7.23. The summed E-state index contributed by atoms with van der Waals surface area (Å²) in [7, 11) is -2.62. The van der Waals surface area contributed by atoms with Crippen LogP contribution in [0.3, 0.4) is 0 Å². The SMILES string of the molecule is Cc1cc(N)ccc1N.OP(O)O. The van der Waals surface area contributed by atoms with E-state index in [9.17, 15) is 0 Å². The molecule has 0 atom stereocenters. The molecule has 0 radical (unpaired) electrons. The van der Waals surface area contributed by atoms with Crippen LogP contribution in [0.25, 0.3) is 0 Å². The lowest BCUT2D eigenvalue weighted by atomic mass is 10.2. The first kappa shape index (κ1) is 12.1. The number of aryl methyl sites for hydroxylation is 1. The lowest BCUT2D eigenvalue weighted by Crippen LogP contribution is -1.91. The Labute approximate surface area is 77.6 Å². The molecule has 1 aromatic carbocycles. The van der Waals surface area contributed by atoms with Gasteiger partial charge in [0.1, 0.15) is 0 Å². The topological polar surface area (TPSA) is 113 Å². The van der Waals surface area contributed by atoms with Gasteiger partial charge >= 0.3 is 8.60 Å². The highest BCUT2D eigenvalue weighted by Gasteiger charge is 1.90. The Balaban J connectivity index is 0.000000310. The molecular formula is C7H13N2O3P. The van der Waals surface area contributed by atoms with Gasteiger partial charge in [-0.15, -0.1) is 0 Å². The van der Waals surface area contributed by atoms with Crippen LogP contribution in [0.1, 0.15) is 5.56 Å². The van der Waals surface area contributed by atoms with E-state index in [0.717, 1.165) is 16.9 Å². The van der Waals surface area contributed by atoms with E-state index in [1.54, 1.807) is 6.07 Å². The van der Waals surface area contributed by atoms with Crippen molar-refractivity contribution in [2.24, 2.45) is 0 Å². The molecule has 0 fully saturated rings. The van der Waals surface area contributed by atoms with Crippen molar-refractivity contribution in [3.05, 3.63) is 23.8 Å². The molecule has 0 aliphatic heterocycles. The van der Waals surface area contributed by atoms with E-state index in [1.807, 2.05) is 19.1 Å². The molecule has 6 heteroatoms. The number of hydrogen-bond donors (Lipinski definition) is 5. The molecule has 74 valence electrons. The second kappa shape index (κ2) is 5.72. The molecule has 13 heavy (non-hydrogen) atoms. The highest BCUT2D eigenvalue weighted by atomic mass is 31.2. The van der Waals surface area contributed by atoms with Gasteiger partial charge in [-0.25, -0.2) is 0 Å². The van der Waals surface area contributed by atoms with Gasteiger partial charge in [-0.1, -0.05) is 0 Å². The third-order valence-corrected chi connectivity index (χ3v) is 1.29. The molecule has 0 aromatic heterocycles. The predicted octanol–water partition coefficient (Wildman–Crippen LogP) is 0.350. The zero-order valence-corrected chi connectivity index (χ0v) is 8.07. The summed E-state index contributed by atoms with van der Waals surface area (Å²) in [5.74, 6) is 0. The van der Waals surface area contributed by atoms with Crippen molar-refractivity contribution >= 4 is 20.0 Å². The minimum Gasteiger partial charge on any atom is -0.399 e. The van der Waals surface area contributed by atoms with Crippen LogP contribution >= 0.6 is 8.60 Å². The van der Waals surface area contributed by atoms with Crippen molar-refractivity contribution in [2.45, 2.75) is 6.92 Å². The van der Waals surface area contributed by atoms with Crippen molar-refractivity contribution in [1.29, 1.82) is 0 Å². The highest BCUT2D eigenvalue weighted by molar-refractivity contribution is 7.38. The lowest BCUT2D eigenvalue weighted by Gasteiger charge is -1.98. The number of benzene rings is 1. The summed E-state index contributed by atoms with van der Waals surface area (Å²) in [6, 6.07) is 5.46. The Hall–Kier alpha value is -0.870. The van der Waals surface area contributed by atoms with E-state index < -0.39 is 8.60 Å². The zero-order chi connectivity index (χ0) is 10.4. The van der Waals surface area contributed by atoms with Gasteiger partial charge in [-0.05, 0) is 30.7 Å². The molecule has 7 N–H and O–H groups in total. The van der Waals surface area contributed by atoms with Crippen molar-refractivity contribution in [3.8, 4) is 0 Å². The summed E-state index contributed by atoms with van der Waals surface area (Å²) in [5, 5.41) is 0. The lowest BCUT2D eigenvalue weighted by molar-refractivity contribution is 0.368. The van der Waals surface area contributed by atoms with E-state index >= 15 is 0 Å². The maximum Gasteiger partial charge on any atom is 0.324 e. The Bertz CT molecular complexity index is 265. The fourth-order valence-electron chi connectivity index (χ4n) is 0.699. The second-order valence-corrected chi connectivity index (χ2v) is 2.92. The molecule has 0 heterocycles. The van der Waals surface area contributed by atoms with Gasteiger partial charge in [-0.2, -0.15) is 0 Å². The maximum atomic E-state index is 7.23. The molecule has 0 aliphatic carbocycles. The number of nitrogens with two attached hydrogens (primary N) is 2. The van der Waals surface area contributed by atoms with Crippen molar-refractivity contribution in [1.82, 2.24) is 0 Å². The molecule has 0 saturated heterocycles. The summed E-state index contributed by atoms with van der Waals surface area (Å²) in [4.78, 5) is 21.7. The molecule has 0 saturated carbocycles. The Kier molecular flexibility index (Phi) is 5.34. The molecule has 0 amide bonds. The number of rotatable bonds is 0. The number of hydrogen-bond acceptors (Lipinski definition) is 5. The van der Waals surface area contributed by atoms with Gasteiger partial charge in [0.15, 0.2) is 0 Å². The third kappa shape index (κ3) is 6.31. The third-order valence-electron chi connectivity index (χ3n) is 1.29. The summed E-state index contributed by atoms with van der Waals surface area (Å²) < 4.78 is 0. The van der Waals surface area contributed by atoms with Gasteiger partial charge in [0.05, 0.1) is 0 Å². The molecular weight excluding hydrogens is 191 g/mol. The summed E-state index contributed by atoms with van der Waals surface area (Å²) in [5.41, 5.74) is 13.6. The predicted molar refractivity (Wildman–Crippen MR) is 53.6 cm³/mol. The second-order valence-electron chi connectivity index (χ2n) is 2.38. The molecule has 0 bridgehead atoms. The van der Waals surface area contributed by atoms with Crippen LogP contribution in [-0.2, 0) is 0 Å². The van der Waals surface area contributed by atoms with E-state index in [-0.39, 0.29) is 0 Å². The Morgan fingerprint density at radius 1 is 1.15 bits per heavy atom. The normalized spacial score (nSPS) is 9.31.